The Labute approximate surface area is 75.7 Å². The van der Waals surface area contributed by atoms with Gasteiger partial charge in [0.2, 0.25) is 5.85 Å². The van der Waals surface area contributed by atoms with Gasteiger partial charge in [0.05, 0.1) is 0 Å². The molecule has 5 N–H and O–H groups in total. The second-order valence-corrected chi connectivity index (χ2v) is 3.03. The highest BCUT2D eigenvalue weighted by Gasteiger charge is 2.43. The Hall–Kier alpha value is -1.14. The van der Waals surface area contributed by atoms with Gasteiger partial charge in [-0.15, -0.1) is 0 Å². The molecule has 0 fully saturated rings. The summed E-state index contributed by atoms with van der Waals surface area (Å²) in [7, 11) is 0. The van der Waals surface area contributed by atoms with Crippen molar-refractivity contribution in [2.24, 2.45) is 0 Å². The topological polar surface area (TPSA) is 96.2 Å². The second kappa shape index (κ2) is 3.31. The standard InChI is InChI=1S/C7H14N2O4/c1-2-3-4-7(12)8-5(10)6(11)9(7)13/h8,10-13H,2-4H2,1H3. The summed E-state index contributed by atoms with van der Waals surface area (Å²) in [4.78, 5) is 0. The fourth-order valence-corrected chi connectivity index (χ4v) is 1.17. The molecule has 0 spiro atoms. The number of hydrogen-bond acceptors (Lipinski definition) is 6. The monoisotopic (exact) mass is 190 g/mol. The Kier molecular flexibility index (Phi) is 2.53. The molecule has 0 aromatic carbocycles. The number of unbranched alkanes of at least 4 members (excludes halogenated alkanes) is 1. The van der Waals surface area contributed by atoms with Gasteiger partial charge >= 0.3 is 0 Å². The van der Waals surface area contributed by atoms with Crippen molar-refractivity contribution in [2.45, 2.75) is 32.0 Å². The molecular weight excluding hydrogens is 176 g/mol. The highest BCUT2D eigenvalue weighted by Crippen LogP contribution is 2.25. The lowest BCUT2D eigenvalue weighted by molar-refractivity contribution is -0.257. The molecular formula is C7H14N2O4. The summed E-state index contributed by atoms with van der Waals surface area (Å²) >= 11 is 0. The van der Waals surface area contributed by atoms with Crippen molar-refractivity contribution < 1.29 is 20.5 Å². The molecule has 0 radical (unpaired) electrons. The van der Waals surface area contributed by atoms with Crippen molar-refractivity contribution in [1.82, 2.24) is 10.4 Å². The van der Waals surface area contributed by atoms with Gasteiger partial charge in [0, 0.05) is 6.42 Å². The van der Waals surface area contributed by atoms with E-state index in [1.54, 1.807) is 0 Å². The number of hydrogen-bond donors (Lipinski definition) is 5. The number of aliphatic hydroxyl groups excluding tert-OH is 2. The van der Waals surface area contributed by atoms with Crippen molar-refractivity contribution in [3.63, 3.8) is 0 Å². The SMILES string of the molecule is CCCCC1(O)NC(O)=C(O)N1O. The zero-order chi connectivity index (χ0) is 10.1. The molecule has 0 aromatic heterocycles. The third-order valence-corrected chi connectivity index (χ3v) is 1.96. The zero-order valence-electron chi connectivity index (χ0n) is 7.36. The summed E-state index contributed by atoms with van der Waals surface area (Å²) in [5, 5.41) is 39.1. The van der Waals surface area contributed by atoms with E-state index in [0.29, 0.717) is 6.42 Å². The summed E-state index contributed by atoms with van der Waals surface area (Å²) in [6.45, 7) is 1.92. The molecule has 1 heterocycles. The number of nitrogens with one attached hydrogen (secondary N) is 1. The van der Waals surface area contributed by atoms with Crippen LogP contribution in [0.2, 0.25) is 0 Å². The van der Waals surface area contributed by atoms with E-state index in [0.717, 1.165) is 6.42 Å². The molecule has 1 atom stereocenters. The molecule has 0 amide bonds. The van der Waals surface area contributed by atoms with Crippen molar-refractivity contribution >= 4 is 0 Å². The van der Waals surface area contributed by atoms with Crippen molar-refractivity contribution in [3.05, 3.63) is 11.8 Å². The largest absolute Gasteiger partial charge is 0.491 e. The van der Waals surface area contributed by atoms with Gasteiger partial charge in [0.1, 0.15) is 0 Å². The average molecular weight is 190 g/mol. The van der Waals surface area contributed by atoms with Crippen LogP contribution in [0.3, 0.4) is 0 Å². The Morgan fingerprint density at radius 2 is 2.08 bits per heavy atom. The van der Waals surface area contributed by atoms with E-state index in [2.05, 4.69) is 5.32 Å². The van der Waals surface area contributed by atoms with Crippen LogP contribution in [-0.4, -0.2) is 31.4 Å². The minimum absolute atomic E-state index is 0.202. The number of aliphatic hydroxyl groups is 3. The molecule has 1 aliphatic heterocycles. The fraction of sp³-hybridized carbons (Fsp3) is 0.714. The van der Waals surface area contributed by atoms with Crippen LogP contribution in [-0.2, 0) is 0 Å². The predicted molar refractivity (Wildman–Crippen MR) is 43.5 cm³/mol. The van der Waals surface area contributed by atoms with Crippen molar-refractivity contribution in [2.75, 3.05) is 0 Å². The summed E-state index contributed by atoms with van der Waals surface area (Å²) in [6.07, 6.45) is 1.69. The molecule has 1 aliphatic rings. The highest BCUT2D eigenvalue weighted by molar-refractivity contribution is 5.06. The van der Waals surface area contributed by atoms with Crippen LogP contribution in [0.25, 0.3) is 0 Å². The van der Waals surface area contributed by atoms with Gasteiger partial charge in [-0.1, -0.05) is 13.3 Å². The Morgan fingerprint density at radius 3 is 2.46 bits per heavy atom. The fourth-order valence-electron chi connectivity index (χ4n) is 1.17. The van der Waals surface area contributed by atoms with Gasteiger partial charge in [-0.05, 0) is 6.42 Å². The molecule has 0 saturated carbocycles. The first-order chi connectivity index (χ1) is 6.01. The molecule has 1 rings (SSSR count). The third kappa shape index (κ3) is 1.63. The third-order valence-electron chi connectivity index (χ3n) is 1.96. The number of rotatable bonds is 3. The van der Waals surface area contributed by atoms with Gasteiger partial charge in [-0.25, -0.2) is 0 Å². The Morgan fingerprint density at radius 1 is 1.46 bits per heavy atom. The molecule has 1 unspecified atom stereocenters. The van der Waals surface area contributed by atoms with E-state index >= 15 is 0 Å². The van der Waals surface area contributed by atoms with E-state index in [1.165, 1.54) is 0 Å². The number of hydroxylamine groups is 2. The molecule has 0 aromatic rings. The molecule has 6 nitrogen and oxygen atoms in total. The van der Waals surface area contributed by atoms with Crippen molar-refractivity contribution in [1.29, 1.82) is 0 Å². The maximum absolute atomic E-state index is 9.63. The maximum atomic E-state index is 9.63. The van der Waals surface area contributed by atoms with Crippen LogP contribution in [0.4, 0.5) is 0 Å². The lowest BCUT2D eigenvalue weighted by Gasteiger charge is -2.29. The first kappa shape index (κ1) is 9.94. The van der Waals surface area contributed by atoms with Gasteiger partial charge in [-0.3, -0.25) is 5.21 Å². The van der Waals surface area contributed by atoms with Gasteiger partial charge in [0.25, 0.3) is 11.8 Å². The lowest BCUT2D eigenvalue weighted by Crippen LogP contribution is -2.51. The lowest BCUT2D eigenvalue weighted by atomic mass is 10.2. The predicted octanol–water partition coefficient (Wildman–Crippen LogP) is 0.360. The maximum Gasteiger partial charge on any atom is 0.277 e. The van der Waals surface area contributed by atoms with E-state index < -0.39 is 17.6 Å². The summed E-state index contributed by atoms with van der Waals surface area (Å²) in [6, 6.07) is 0. The minimum Gasteiger partial charge on any atom is -0.491 e. The van der Waals surface area contributed by atoms with Crippen LogP contribution in [0, 0.1) is 0 Å². The smallest absolute Gasteiger partial charge is 0.277 e. The molecule has 6 heteroatoms. The van der Waals surface area contributed by atoms with Crippen LogP contribution in [0.1, 0.15) is 26.2 Å². The Balaban J connectivity index is 2.65. The molecule has 0 bridgehead atoms. The van der Waals surface area contributed by atoms with E-state index in [-0.39, 0.29) is 11.5 Å². The number of nitrogens with zero attached hydrogens (tertiary/aromatic N) is 1. The van der Waals surface area contributed by atoms with Crippen LogP contribution in [0.15, 0.2) is 11.8 Å². The highest BCUT2D eigenvalue weighted by atomic mass is 16.6. The van der Waals surface area contributed by atoms with Crippen LogP contribution < -0.4 is 5.32 Å². The first-order valence-corrected chi connectivity index (χ1v) is 4.13. The summed E-state index contributed by atoms with van der Waals surface area (Å²) in [5.41, 5.74) is 0. The summed E-state index contributed by atoms with van der Waals surface area (Å²) < 4.78 is 0. The zero-order valence-corrected chi connectivity index (χ0v) is 7.36. The van der Waals surface area contributed by atoms with Gasteiger partial charge < -0.3 is 20.6 Å². The molecule has 0 aliphatic carbocycles. The second-order valence-electron chi connectivity index (χ2n) is 3.03. The van der Waals surface area contributed by atoms with Crippen molar-refractivity contribution in [3.8, 4) is 0 Å². The van der Waals surface area contributed by atoms with E-state index in [1.807, 2.05) is 6.92 Å². The van der Waals surface area contributed by atoms with Gasteiger partial charge in [0.15, 0.2) is 0 Å². The molecule has 0 saturated heterocycles. The van der Waals surface area contributed by atoms with Crippen LogP contribution >= 0.6 is 0 Å². The minimum atomic E-state index is -1.79. The first-order valence-electron chi connectivity index (χ1n) is 4.13. The van der Waals surface area contributed by atoms with E-state index in [9.17, 15) is 5.11 Å². The average Bonchev–Trinajstić information content (AvgIpc) is 2.28. The normalized spacial score (nSPS) is 28.1. The van der Waals surface area contributed by atoms with Gasteiger partial charge in [-0.2, -0.15) is 5.06 Å². The molecule has 76 valence electrons. The van der Waals surface area contributed by atoms with Crippen LogP contribution in [0.5, 0.6) is 0 Å². The molecule has 13 heavy (non-hydrogen) atoms. The Bertz CT molecular complexity index is 231. The summed E-state index contributed by atoms with van der Waals surface area (Å²) in [5.74, 6) is -3.18. The quantitative estimate of drug-likeness (QED) is 0.441. The van der Waals surface area contributed by atoms with E-state index in [4.69, 9.17) is 15.4 Å².